The van der Waals surface area contributed by atoms with Gasteiger partial charge >= 0.3 is 5.76 Å². The van der Waals surface area contributed by atoms with E-state index < -0.39 is 0 Å². The summed E-state index contributed by atoms with van der Waals surface area (Å²) in [5.41, 5.74) is 4.64. The fourth-order valence-corrected chi connectivity index (χ4v) is 4.81. The summed E-state index contributed by atoms with van der Waals surface area (Å²) in [6.07, 6.45) is 3.66. The van der Waals surface area contributed by atoms with E-state index in [1.165, 1.54) is 30.4 Å². The molecule has 1 aromatic heterocycles. The van der Waals surface area contributed by atoms with Gasteiger partial charge in [-0.25, -0.2) is 4.79 Å². The van der Waals surface area contributed by atoms with E-state index in [4.69, 9.17) is 4.42 Å². The number of nitrogens with zero attached hydrogens (tertiary/aromatic N) is 3. The second-order valence-corrected chi connectivity index (χ2v) is 8.03. The van der Waals surface area contributed by atoms with E-state index in [1.54, 1.807) is 4.57 Å². The Morgan fingerprint density at radius 1 is 0.893 bits per heavy atom. The minimum Gasteiger partial charge on any atom is -0.408 e. The lowest BCUT2D eigenvalue weighted by atomic mass is 9.87. The van der Waals surface area contributed by atoms with Crippen LogP contribution in [0.25, 0.3) is 11.1 Å². The molecular weight excluding hydrogens is 350 g/mol. The maximum Gasteiger partial charge on any atom is 0.419 e. The first-order valence-electron chi connectivity index (χ1n) is 10.4. The molecule has 0 unspecified atom stereocenters. The summed E-state index contributed by atoms with van der Waals surface area (Å²) >= 11 is 0. The van der Waals surface area contributed by atoms with Crippen LogP contribution >= 0.6 is 0 Å². The highest BCUT2D eigenvalue weighted by molar-refractivity contribution is 5.72. The Hall–Kier alpha value is -2.37. The van der Waals surface area contributed by atoms with Crippen LogP contribution in [0.5, 0.6) is 0 Å². The van der Waals surface area contributed by atoms with E-state index in [2.05, 4.69) is 34.1 Å². The van der Waals surface area contributed by atoms with Crippen LogP contribution in [0.2, 0.25) is 0 Å². The van der Waals surface area contributed by atoms with Crippen LogP contribution in [0.1, 0.15) is 17.5 Å². The molecule has 0 radical (unpaired) electrons. The number of hydrogen-bond donors (Lipinski definition) is 0. The Balaban J connectivity index is 1.17. The molecule has 0 amide bonds. The predicted octanol–water partition coefficient (Wildman–Crippen LogP) is 2.77. The van der Waals surface area contributed by atoms with Crippen molar-refractivity contribution in [3.05, 3.63) is 70.2 Å². The average molecular weight is 377 g/mol. The average Bonchev–Trinajstić information content (AvgIpc) is 3.07. The van der Waals surface area contributed by atoms with Gasteiger partial charge in [0.05, 0.1) is 5.52 Å². The van der Waals surface area contributed by atoms with Crippen molar-refractivity contribution in [1.29, 1.82) is 0 Å². The van der Waals surface area contributed by atoms with Gasteiger partial charge in [0.2, 0.25) is 0 Å². The van der Waals surface area contributed by atoms with Gasteiger partial charge in [0.1, 0.15) is 0 Å². The summed E-state index contributed by atoms with van der Waals surface area (Å²) in [7, 11) is 0. The maximum absolute atomic E-state index is 12.1. The molecule has 3 aromatic rings. The summed E-state index contributed by atoms with van der Waals surface area (Å²) in [5, 5.41) is 0. The van der Waals surface area contributed by atoms with E-state index in [1.807, 2.05) is 24.3 Å². The maximum atomic E-state index is 12.1. The van der Waals surface area contributed by atoms with Crippen LogP contribution in [-0.2, 0) is 19.4 Å². The molecule has 1 atom stereocenters. The van der Waals surface area contributed by atoms with Gasteiger partial charge in [-0.3, -0.25) is 14.4 Å². The Kier molecular flexibility index (Phi) is 4.79. The third-order valence-corrected chi connectivity index (χ3v) is 6.46. The van der Waals surface area contributed by atoms with Crippen molar-refractivity contribution in [3.63, 3.8) is 0 Å². The Labute approximate surface area is 165 Å². The van der Waals surface area contributed by atoms with Crippen LogP contribution in [0.4, 0.5) is 0 Å². The van der Waals surface area contributed by atoms with Crippen LogP contribution < -0.4 is 5.76 Å². The highest BCUT2D eigenvalue weighted by Crippen LogP contribution is 2.25. The fraction of sp³-hybridized carbons (Fsp3) is 0.435. The summed E-state index contributed by atoms with van der Waals surface area (Å²) in [6, 6.07) is 17.3. The number of aryl methyl sites for hydroxylation is 1. The zero-order valence-corrected chi connectivity index (χ0v) is 16.2. The van der Waals surface area contributed by atoms with Crippen molar-refractivity contribution >= 4 is 11.1 Å². The van der Waals surface area contributed by atoms with Crippen molar-refractivity contribution in [2.24, 2.45) is 0 Å². The van der Waals surface area contributed by atoms with Crippen LogP contribution in [0, 0.1) is 0 Å². The summed E-state index contributed by atoms with van der Waals surface area (Å²) in [4.78, 5) is 17.3. The topological polar surface area (TPSA) is 41.6 Å². The van der Waals surface area contributed by atoms with E-state index in [0.717, 1.165) is 38.2 Å². The number of oxazole rings is 1. The van der Waals surface area contributed by atoms with E-state index in [9.17, 15) is 4.79 Å². The van der Waals surface area contributed by atoms with Crippen molar-refractivity contribution in [2.75, 3.05) is 32.7 Å². The van der Waals surface area contributed by atoms with E-state index in [0.29, 0.717) is 18.2 Å². The molecule has 0 spiro atoms. The SMILES string of the molecule is O=c1oc2ccccc2n1CCN1CCN([C@@H]2CCc3ccccc3C2)CC1. The van der Waals surface area contributed by atoms with Crippen molar-refractivity contribution in [3.8, 4) is 0 Å². The minimum atomic E-state index is -0.249. The van der Waals surface area contributed by atoms with Gasteiger partial charge in [-0.15, -0.1) is 0 Å². The fourth-order valence-electron chi connectivity index (χ4n) is 4.81. The van der Waals surface area contributed by atoms with Gasteiger partial charge in [-0.05, 0) is 42.5 Å². The molecule has 2 heterocycles. The molecule has 1 aliphatic carbocycles. The van der Waals surface area contributed by atoms with Crippen molar-refractivity contribution in [1.82, 2.24) is 14.4 Å². The van der Waals surface area contributed by atoms with Crippen LogP contribution in [0.3, 0.4) is 0 Å². The molecule has 5 rings (SSSR count). The molecular formula is C23H27N3O2. The monoisotopic (exact) mass is 377 g/mol. The number of para-hydroxylation sites is 2. The summed E-state index contributed by atoms with van der Waals surface area (Å²) in [6.45, 7) is 5.96. The molecule has 2 aliphatic rings. The Morgan fingerprint density at radius 2 is 1.64 bits per heavy atom. The number of benzene rings is 2. The van der Waals surface area contributed by atoms with Gasteiger partial charge < -0.3 is 4.42 Å². The molecule has 0 N–H and O–H groups in total. The highest BCUT2D eigenvalue weighted by Gasteiger charge is 2.27. The molecule has 0 bridgehead atoms. The van der Waals surface area contributed by atoms with Crippen LogP contribution in [-0.4, -0.2) is 53.1 Å². The molecule has 2 aromatic carbocycles. The van der Waals surface area contributed by atoms with E-state index >= 15 is 0 Å². The number of fused-ring (bicyclic) bond motifs is 2. The molecule has 0 saturated carbocycles. The number of piperazine rings is 1. The summed E-state index contributed by atoms with van der Waals surface area (Å²) in [5.74, 6) is -0.249. The van der Waals surface area contributed by atoms with Gasteiger partial charge in [0, 0.05) is 45.3 Å². The predicted molar refractivity (Wildman–Crippen MR) is 111 cm³/mol. The van der Waals surface area contributed by atoms with Gasteiger partial charge in [0.25, 0.3) is 0 Å². The zero-order valence-electron chi connectivity index (χ0n) is 16.2. The molecule has 28 heavy (non-hydrogen) atoms. The number of aromatic nitrogens is 1. The first kappa shape index (κ1) is 17.7. The smallest absolute Gasteiger partial charge is 0.408 e. The number of rotatable bonds is 4. The molecule has 5 heteroatoms. The zero-order chi connectivity index (χ0) is 18.9. The standard InChI is InChI=1S/C23H27N3O2/c27-23-26(21-7-3-4-8-22(21)28-23)16-13-24-11-14-25(15-12-24)20-10-9-18-5-1-2-6-19(18)17-20/h1-8,20H,9-17H2/t20-/m1/s1. The first-order chi connectivity index (χ1) is 13.8. The van der Waals surface area contributed by atoms with Crippen molar-refractivity contribution in [2.45, 2.75) is 31.8 Å². The molecule has 5 nitrogen and oxygen atoms in total. The third kappa shape index (κ3) is 3.40. The molecule has 1 fully saturated rings. The largest absolute Gasteiger partial charge is 0.419 e. The lowest BCUT2D eigenvalue weighted by Crippen LogP contribution is -2.52. The molecule has 146 valence electrons. The molecule has 1 aliphatic heterocycles. The minimum absolute atomic E-state index is 0.249. The van der Waals surface area contributed by atoms with Gasteiger partial charge in [0.15, 0.2) is 5.58 Å². The van der Waals surface area contributed by atoms with E-state index in [-0.39, 0.29) is 5.76 Å². The first-order valence-corrected chi connectivity index (χ1v) is 10.4. The Bertz CT molecular complexity index is 1010. The normalized spacial score (nSPS) is 21.1. The quantitative estimate of drug-likeness (QED) is 0.701. The number of hydrogen-bond acceptors (Lipinski definition) is 4. The molecule has 1 saturated heterocycles. The van der Waals surface area contributed by atoms with Crippen molar-refractivity contribution < 1.29 is 4.42 Å². The van der Waals surface area contributed by atoms with Gasteiger partial charge in [-0.1, -0.05) is 36.4 Å². The highest BCUT2D eigenvalue weighted by atomic mass is 16.4. The lowest BCUT2D eigenvalue weighted by molar-refractivity contribution is 0.0874. The third-order valence-electron chi connectivity index (χ3n) is 6.46. The summed E-state index contributed by atoms with van der Waals surface area (Å²) < 4.78 is 7.11. The van der Waals surface area contributed by atoms with Gasteiger partial charge in [-0.2, -0.15) is 0 Å². The second kappa shape index (κ2) is 7.57. The van der Waals surface area contributed by atoms with Crippen LogP contribution in [0.15, 0.2) is 57.7 Å². The second-order valence-electron chi connectivity index (χ2n) is 8.03. The Morgan fingerprint density at radius 3 is 2.50 bits per heavy atom. The lowest BCUT2D eigenvalue weighted by Gasteiger charge is -2.41.